The van der Waals surface area contributed by atoms with E-state index < -0.39 is 0 Å². The Morgan fingerprint density at radius 2 is 1.87 bits per heavy atom. The van der Waals surface area contributed by atoms with Crippen molar-refractivity contribution in [2.75, 3.05) is 13.2 Å². The van der Waals surface area contributed by atoms with Crippen LogP contribution in [0.5, 0.6) is 0 Å². The SMILES string of the molecule is CC(C)[C@H]1COC(/C=C2/CCC(/C=C3/[N-][C@@H](C(C)C)CO3)=N2)=N1. The summed E-state index contributed by atoms with van der Waals surface area (Å²) in [5, 5.41) is 4.60. The maximum atomic E-state index is 5.64. The highest BCUT2D eigenvalue weighted by Gasteiger charge is 2.21. The van der Waals surface area contributed by atoms with E-state index in [2.05, 4.69) is 43.0 Å². The third-order valence-electron chi connectivity index (χ3n) is 4.43. The second kappa shape index (κ2) is 6.77. The lowest BCUT2D eigenvalue weighted by atomic mass is 10.1. The lowest BCUT2D eigenvalue weighted by Crippen LogP contribution is -2.13. The molecule has 0 N–H and O–H groups in total. The largest absolute Gasteiger partial charge is 0.648 e. The first-order chi connectivity index (χ1) is 11.0. The molecule has 0 aromatic rings. The summed E-state index contributed by atoms with van der Waals surface area (Å²) in [7, 11) is 0. The van der Waals surface area contributed by atoms with Crippen molar-refractivity contribution in [2.45, 2.75) is 52.6 Å². The van der Waals surface area contributed by atoms with E-state index in [4.69, 9.17) is 9.47 Å². The van der Waals surface area contributed by atoms with Gasteiger partial charge in [-0.2, -0.15) is 0 Å². The Morgan fingerprint density at radius 1 is 1.04 bits per heavy atom. The van der Waals surface area contributed by atoms with Gasteiger partial charge in [-0.1, -0.05) is 39.7 Å². The van der Waals surface area contributed by atoms with Gasteiger partial charge >= 0.3 is 0 Å². The van der Waals surface area contributed by atoms with Gasteiger partial charge in [0, 0.05) is 23.4 Å². The van der Waals surface area contributed by atoms with Crippen LogP contribution in [0.25, 0.3) is 5.32 Å². The maximum absolute atomic E-state index is 5.64. The number of nitrogens with zero attached hydrogens (tertiary/aromatic N) is 3. The minimum atomic E-state index is 0.271. The van der Waals surface area contributed by atoms with Crippen molar-refractivity contribution >= 4 is 11.6 Å². The van der Waals surface area contributed by atoms with Crippen molar-refractivity contribution in [3.8, 4) is 0 Å². The number of hydrogen-bond acceptors (Lipinski definition) is 4. The van der Waals surface area contributed by atoms with Crippen molar-refractivity contribution < 1.29 is 9.47 Å². The summed E-state index contributed by atoms with van der Waals surface area (Å²) >= 11 is 0. The van der Waals surface area contributed by atoms with Crippen molar-refractivity contribution in [1.82, 2.24) is 0 Å². The Balaban J connectivity index is 1.63. The smallest absolute Gasteiger partial charge is 0.210 e. The molecule has 2 atom stereocenters. The fraction of sp³-hybridized carbons (Fsp3) is 0.667. The third kappa shape index (κ3) is 3.95. The average Bonchev–Trinajstić information content (AvgIpc) is 3.21. The highest BCUT2D eigenvalue weighted by atomic mass is 16.5. The second-order valence-electron chi connectivity index (χ2n) is 7.06. The van der Waals surface area contributed by atoms with Gasteiger partial charge in [-0.25, -0.2) is 4.99 Å². The van der Waals surface area contributed by atoms with Gasteiger partial charge in [-0.15, -0.1) is 0 Å². The van der Waals surface area contributed by atoms with Crippen LogP contribution in [0, 0.1) is 11.8 Å². The summed E-state index contributed by atoms with van der Waals surface area (Å²) in [6.45, 7) is 10.0. The Kier molecular flexibility index (Phi) is 4.74. The highest BCUT2D eigenvalue weighted by Crippen LogP contribution is 2.28. The molecule has 0 aromatic carbocycles. The lowest BCUT2D eigenvalue weighted by Gasteiger charge is -2.24. The molecule has 1 saturated heterocycles. The predicted octanol–water partition coefficient (Wildman–Crippen LogP) is 3.83. The summed E-state index contributed by atoms with van der Waals surface area (Å²) in [4.78, 5) is 9.25. The fourth-order valence-corrected chi connectivity index (χ4v) is 2.70. The first-order valence-corrected chi connectivity index (χ1v) is 8.55. The fourth-order valence-electron chi connectivity index (χ4n) is 2.70. The summed E-state index contributed by atoms with van der Waals surface area (Å²) in [5.41, 5.74) is 2.05. The van der Waals surface area contributed by atoms with Crippen molar-refractivity contribution in [3.05, 3.63) is 29.0 Å². The Bertz CT molecular complexity index is 573. The van der Waals surface area contributed by atoms with Crippen LogP contribution in [-0.2, 0) is 9.47 Å². The molecule has 3 aliphatic rings. The van der Waals surface area contributed by atoms with E-state index in [1.807, 2.05) is 12.2 Å². The third-order valence-corrected chi connectivity index (χ3v) is 4.43. The van der Waals surface area contributed by atoms with E-state index in [0.717, 1.165) is 36.0 Å². The van der Waals surface area contributed by atoms with Gasteiger partial charge in [0.05, 0.1) is 12.6 Å². The van der Waals surface area contributed by atoms with Gasteiger partial charge in [0.2, 0.25) is 5.90 Å². The monoisotopic (exact) mass is 316 g/mol. The molecule has 126 valence electrons. The minimum absolute atomic E-state index is 0.271. The van der Waals surface area contributed by atoms with Gasteiger partial charge in [0.1, 0.15) is 6.61 Å². The Labute approximate surface area is 138 Å². The Hall–Kier alpha value is -1.78. The highest BCUT2D eigenvalue weighted by molar-refractivity contribution is 5.99. The van der Waals surface area contributed by atoms with Crippen LogP contribution in [-0.4, -0.2) is 36.9 Å². The number of hydrogen-bond donors (Lipinski definition) is 0. The molecule has 0 spiro atoms. The second-order valence-corrected chi connectivity index (χ2v) is 7.06. The van der Waals surface area contributed by atoms with Gasteiger partial charge < -0.3 is 14.8 Å². The summed E-state index contributed by atoms with van der Waals surface area (Å²) in [5.74, 6) is 2.46. The quantitative estimate of drug-likeness (QED) is 0.791. The van der Waals surface area contributed by atoms with E-state index in [9.17, 15) is 0 Å². The van der Waals surface area contributed by atoms with Crippen LogP contribution in [0.4, 0.5) is 0 Å². The zero-order chi connectivity index (χ0) is 16.4. The van der Waals surface area contributed by atoms with E-state index in [1.165, 1.54) is 0 Å². The maximum Gasteiger partial charge on any atom is 0.210 e. The first kappa shape index (κ1) is 16.1. The molecule has 0 amide bonds. The zero-order valence-corrected chi connectivity index (χ0v) is 14.5. The summed E-state index contributed by atoms with van der Waals surface area (Å²) < 4.78 is 11.3. The molecule has 1 fully saturated rings. The average molecular weight is 316 g/mol. The Morgan fingerprint density at radius 3 is 2.52 bits per heavy atom. The number of allylic oxidation sites excluding steroid dienone is 2. The van der Waals surface area contributed by atoms with E-state index in [0.29, 0.717) is 25.0 Å². The van der Waals surface area contributed by atoms with Crippen LogP contribution in [0.3, 0.4) is 0 Å². The van der Waals surface area contributed by atoms with Crippen molar-refractivity contribution in [3.63, 3.8) is 0 Å². The molecule has 0 unspecified atom stereocenters. The van der Waals surface area contributed by atoms with Crippen molar-refractivity contribution in [1.29, 1.82) is 0 Å². The topological polar surface area (TPSA) is 57.3 Å². The molecule has 3 rings (SSSR count). The van der Waals surface area contributed by atoms with Crippen LogP contribution in [0.15, 0.2) is 33.7 Å². The molecular weight excluding hydrogens is 290 g/mol. The molecule has 0 bridgehead atoms. The molecule has 0 radical (unpaired) electrons. The van der Waals surface area contributed by atoms with Crippen molar-refractivity contribution in [2.24, 2.45) is 21.8 Å². The number of aliphatic imine (C=N–C) groups is 2. The van der Waals surface area contributed by atoms with Crippen LogP contribution < -0.4 is 0 Å². The number of rotatable bonds is 4. The van der Waals surface area contributed by atoms with E-state index in [1.54, 1.807) is 0 Å². The molecule has 3 heterocycles. The minimum Gasteiger partial charge on any atom is -0.648 e. The van der Waals surface area contributed by atoms with Crippen LogP contribution in [0.2, 0.25) is 0 Å². The molecule has 0 aromatic heterocycles. The molecule has 5 heteroatoms. The molecule has 3 aliphatic heterocycles. The normalized spacial score (nSPS) is 30.7. The molecule has 23 heavy (non-hydrogen) atoms. The standard InChI is InChI=1S/C18H26N3O2/c1-11(2)15-9-22-17(20-15)7-13-5-6-14(19-13)8-18-21-16(10-23-18)12(3)4/h7-8,11-12,15-16H,5-6,9-10H2,1-4H3/q-1/b13-7-,18-8-/t15-,16-/m1/s1. The van der Waals surface area contributed by atoms with Gasteiger partial charge in [0.15, 0.2) is 0 Å². The molecule has 5 nitrogen and oxygen atoms in total. The first-order valence-electron chi connectivity index (χ1n) is 8.55. The van der Waals surface area contributed by atoms with Gasteiger partial charge in [-0.3, -0.25) is 4.99 Å². The molecular formula is C18H26N3O2-. The van der Waals surface area contributed by atoms with E-state index in [-0.39, 0.29) is 12.1 Å². The van der Waals surface area contributed by atoms with Gasteiger partial charge in [-0.05, 0) is 24.8 Å². The summed E-state index contributed by atoms with van der Waals surface area (Å²) in [6.07, 6.45) is 5.78. The van der Waals surface area contributed by atoms with Crippen LogP contribution in [0.1, 0.15) is 40.5 Å². The zero-order valence-electron chi connectivity index (χ0n) is 14.5. The molecule has 0 aliphatic carbocycles. The van der Waals surface area contributed by atoms with Gasteiger partial charge in [0.25, 0.3) is 0 Å². The number of ether oxygens (including phenoxy) is 2. The lowest BCUT2D eigenvalue weighted by molar-refractivity contribution is 0.244. The summed E-state index contributed by atoms with van der Waals surface area (Å²) in [6, 6.07) is 0.542. The van der Waals surface area contributed by atoms with E-state index >= 15 is 0 Å². The predicted molar refractivity (Wildman–Crippen MR) is 92.8 cm³/mol. The van der Waals surface area contributed by atoms with Crippen LogP contribution >= 0.6 is 0 Å². The molecule has 0 saturated carbocycles.